The summed E-state index contributed by atoms with van der Waals surface area (Å²) >= 11 is 0. The van der Waals surface area contributed by atoms with Crippen molar-refractivity contribution in [3.05, 3.63) is 47.5 Å². The van der Waals surface area contributed by atoms with E-state index in [9.17, 15) is 0 Å². The van der Waals surface area contributed by atoms with Gasteiger partial charge in [0.15, 0.2) is 0 Å². The molecule has 0 radical (unpaired) electrons. The predicted octanol–water partition coefficient (Wildman–Crippen LogP) is 6.20. The van der Waals surface area contributed by atoms with Gasteiger partial charge in [0, 0.05) is 0 Å². The van der Waals surface area contributed by atoms with Gasteiger partial charge in [-0.25, -0.2) is 0 Å². The smallest absolute Gasteiger partial charge is 0.0222 e. The summed E-state index contributed by atoms with van der Waals surface area (Å²) in [4.78, 5) is 0. The average Bonchev–Trinajstić information content (AvgIpc) is 2.41. The lowest BCUT2D eigenvalue weighted by Gasteiger charge is -2.24. The SMILES string of the molecule is C/C=C\CC(C)(C)Cc1ccccc1CCC.CC. The Morgan fingerprint density at radius 1 is 1.05 bits per heavy atom. The Morgan fingerprint density at radius 2 is 1.63 bits per heavy atom. The minimum atomic E-state index is 0.357. The zero-order valence-electron chi connectivity index (χ0n) is 13.8. The molecule has 108 valence electrons. The maximum Gasteiger partial charge on any atom is -0.0222 e. The third-order valence-corrected chi connectivity index (χ3v) is 3.21. The van der Waals surface area contributed by atoms with Crippen LogP contribution in [0.3, 0.4) is 0 Å². The fraction of sp³-hybridized carbons (Fsp3) is 0.579. The molecule has 0 spiro atoms. The fourth-order valence-corrected chi connectivity index (χ4v) is 2.27. The topological polar surface area (TPSA) is 0 Å². The Balaban J connectivity index is 0.00000154. The van der Waals surface area contributed by atoms with Gasteiger partial charge in [0.05, 0.1) is 0 Å². The second-order valence-electron chi connectivity index (χ2n) is 5.63. The summed E-state index contributed by atoms with van der Waals surface area (Å²) in [5.41, 5.74) is 3.42. The standard InChI is InChI=1S/C17H26.C2H6/c1-5-7-13-17(3,4)14-16-12-9-8-11-15(16)10-6-2;1-2/h5,7-9,11-12H,6,10,13-14H2,1-4H3;1-2H3/b7-5-;. The molecule has 0 nitrogen and oxygen atoms in total. The summed E-state index contributed by atoms with van der Waals surface area (Å²) in [6, 6.07) is 8.90. The molecule has 0 fully saturated rings. The maximum atomic E-state index is 2.36. The lowest BCUT2D eigenvalue weighted by Crippen LogP contribution is -2.15. The number of allylic oxidation sites excluding steroid dienone is 2. The van der Waals surface area contributed by atoms with Crippen molar-refractivity contribution < 1.29 is 0 Å². The number of hydrogen-bond donors (Lipinski definition) is 0. The Kier molecular flexibility index (Phi) is 9.30. The molecule has 0 saturated heterocycles. The van der Waals surface area contributed by atoms with Gasteiger partial charge < -0.3 is 0 Å². The van der Waals surface area contributed by atoms with Crippen LogP contribution < -0.4 is 0 Å². The van der Waals surface area contributed by atoms with Gasteiger partial charge in [-0.1, -0.05) is 77.5 Å². The van der Waals surface area contributed by atoms with Gasteiger partial charge in [0.25, 0.3) is 0 Å². The second-order valence-corrected chi connectivity index (χ2v) is 5.63. The minimum absolute atomic E-state index is 0.357. The summed E-state index contributed by atoms with van der Waals surface area (Å²) in [6.45, 7) is 13.1. The van der Waals surface area contributed by atoms with Crippen molar-refractivity contribution in [3.8, 4) is 0 Å². The zero-order valence-corrected chi connectivity index (χ0v) is 13.8. The summed E-state index contributed by atoms with van der Waals surface area (Å²) in [5.74, 6) is 0. The molecule has 0 heteroatoms. The van der Waals surface area contributed by atoms with Crippen molar-refractivity contribution in [2.24, 2.45) is 5.41 Å². The maximum absolute atomic E-state index is 2.36. The third kappa shape index (κ3) is 7.20. The van der Waals surface area contributed by atoms with Gasteiger partial charge in [0.1, 0.15) is 0 Å². The molecule has 0 atom stereocenters. The van der Waals surface area contributed by atoms with Crippen LogP contribution >= 0.6 is 0 Å². The quantitative estimate of drug-likeness (QED) is 0.534. The van der Waals surface area contributed by atoms with Crippen LogP contribution in [0.2, 0.25) is 0 Å². The zero-order chi connectivity index (χ0) is 14.7. The van der Waals surface area contributed by atoms with Crippen LogP contribution in [-0.2, 0) is 12.8 Å². The molecular formula is C19H32. The van der Waals surface area contributed by atoms with Crippen molar-refractivity contribution in [2.75, 3.05) is 0 Å². The van der Waals surface area contributed by atoms with E-state index in [0.717, 1.165) is 6.42 Å². The molecule has 0 unspecified atom stereocenters. The largest absolute Gasteiger partial charge is 0.0916 e. The van der Waals surface area contributed by atoms with Crippen LogP contribution in [0.5, 0.6) is 0 Å². The first-order valence-corrected chi connectivity index (χ1v) is 7.77. The van der Waals surface area contributed by atoms with E-state index in [1.807, 2.05) is 13.8 Å². The van der Waals surface area contributed by atoms with Gasteiger partial charge in [0.2, 0.25) is 0 Å². The van der Waals surface area contributed by atoms with E-state index >= 15 is 0 Å². The van der Waals surface area contributed by atoms with Crippen LogP contribution in [0.25, 0.3) is 0 Å². The van der Waals surface area contributed by atoms with E-state index < -0.39 is 0 Å². The number of benzene rings is 1. The van der Waals surface area contributed by atoms with Crippen LogP contribution in [0, 0.1) is 5.41 Å². The number of rotatable bonds is 6. The highest BCUT2D eigenvalue weighted by Crippen LogP contribution is 2.28. The molecule has 0 aromatic heterocycles. The Morgan fingerprint density at radius 3 is 2.16 bits per heavy atom. The van der Waals surface area contributed by atoms with Gasteiger partial charge in [-0.05, 0) is 42.7 Å². The highest BCUT2D eigenvalue weighted by Gasteiger charge is 2.18. The molecule has 0 aliphatic carbocycles. The first-order chi connectivity index (χ1) is 9.09. The lowest BCUT2D eigenvalue weighted by atomic mass is 9.81. The lowest BCUT2D eigenvalue weighted by molar-refractivity contribution is 0.367. The highest BCUT2D eigenvalue weighted by molar-refractivity contribution is 5.28. The van der Waals surface area contributed by atoms with E-state index in [4.69, 9.17) is 0 Å². The molecule has 0 aliphatic rings. The fourth-order valence-electron chi connectivity index (χ4n) is 2.27. The molecule has 1 aromatic carbocycles. The molecule has 0 bridgehead atoms. The van der Waals surface area contributed by atoms with Crippen LogP contribution in [0.1, 0.15) is 65.5 Å². The van der Waals surface area contributed by atoms with Crippen molar-refractivity contribution in [1.82, 2.24) is 0 Å². The van der Waals surface area contributed by atoms with E-state index in [1.165, 1.54) is 30.4 Å². The molecule has 0 saturated carbocycles. The summed E-state index contributed by atoms with van der Waals surface area (Å²) in [5, 5.41) is 0. The van der Waals surface area contributed by atoms with E-state index in [1.54, 1.807) is 0 Å². The second kappa shape index (κ2) is 9.83. The molecule has 0 aliphatic heterocycles. The minimum Gasteiger partial charge on any atom is -0.0916 e. The monoisotopic (exact) mass is 260 g/mol. The average molecular weight is 260 g/mol. The summed E-state index contributed by atoms with van der Waals surface area (Å²) in [6.07, 6.45) is 9.20. The summed E-state index contributed by atoms with van der Waals surface area (Å²) in [7, 11) is 0. The van der Waals surface area contributed by atoms with E-state index in [2.05, 4.69) is 64.1 Å². The first kappa shape index (κ1) is 18.0. The molecule has 0 heterocycles. The Hall–Kier alpha value is -1.04. The van der Waals surface area contributed by atoms with Gasteiger partial charge in [-0.3, -0.25) is 0 Å². The Bertz CT molecular complexity index is 358. The number of hydrogen-bond acceptors (Lipinski definition) is 0. The predicted molar refractivity (Wildman–Crippen MR) is 88.7 cm³/mol. The van der Waals surface area contributed by atoms with Gasteiger partial charge in [-0.2, -0.15) is 0 Å². The molecule has 19 heavy (non-hydrogen) atoms. The van der Waals surface area contributed by atoms with E-state index in [-0.39, 0.29) is 0 Å². The number of aryl methyl sites for hydroxylation is 1. The molecule has 0 N–H and O–H groups in total. The van der Waals surface area contributed by atoms with Gasteiger partial charge >= 0.3 is 0 Å². The summed E-state index contributed by atoms with van der Waals surface area (Å²) < 4.78 is 0. The highest BCUT2D eigenvalue weighted by atomic mass is 14.2. The molecule has 1 aromatic rings. The van der Waals surface area contributed by atoms with Crippen LogP contribution in [0.4, 0.5) is 0 Å². The van der Waals surface area contributed by atoms with Crippen molar-refractivity contribution >= 4 is 0 Å². The van der Waals surface area contributed by atoms with Crippen molar-refractivity contribution in [1.29, 1.82) is 0 Å². The molecule has 0 amide bonds. The van der Waals surface area contributed by atoms with Crippen molar-refractivity contribution in [3.63, 3.8) is 0 Å². The van der Waals surface area contributed by atoms with Crippen LogP contribution in [-0.4, -0.2) is 0 Å². The van der Waals surface area contributed by atoms with Crippen molar-refractivity contribution in [2.45, 2.75) is 67.2 Å². The molecular weight excluding hydrogens is 228 g/mol. The van der Waals surface area contributed by atoms with Crippen LogP contribution in [0.15, 0.2) is 36.4 Å². The third-order valence-electron chi connectivity index (χ3n) is 3.21. The van der Waals surface area contributed by atoms with E-state index in [0.29, 0.717) is 5.41 Å². The van der Waals surface area contributed by atoms with Gasteiger partial charge in [-0.15, -0.1) is 0 Å². The Labute approximate surface area is 120 Å². The normalized spacial score (nSPS) is 11.3. The molecule has 1 rings (SSSR count). The first-order valence-electron chi connectivity index (χ1n) is 7.77.